The second-order valence-electron chi connectivity index (χ2n) is 9.41. The van der Waals surface area contributed by atoms with Crippen LogP contribution >= 0.6 is 11.3 Å². The summed E-state index contributed by atoms with van der Waals surface area (Å²) >= 11 is 1.21. The van der Waals surface area contributed by atoms with Crippen molar-refractivity contribution >= 4 is 62.2 Å². The van der Waals surface area contributed by atoms with E-state index in [0.717, 1.165) is 24.7 Å². The zero-order valence-corrected chi connectivity index (χ0v) is 22.2. The molecule has 0 unspecified atom stereocenters. The van der Waals surface area contributed by atoms with Gasteiger partial charge in [-0.15, -0.1) is 11.3 Å². The molecule has 6 rings (SSSR count). The third kappa shape index (κ3) is 4.85. The van der Waals surface area contributed by atoms with Crippen LogP contribution in [0.25, 0.3) is 10.2 Å². The van der Waals surface area contributed by atoms with Crippen LogP contribution in [0.5, 0.6) is 11.5 Å². The average molecular weight is 552 g/mol. The Bertz CT molecular complexity index is 1660. The highest BCUT2D eigenvalue weighted by Gasteiger charge is 2.34. The van der Waals surface area contributed by atoms with E-state index in [0.29, 0.717) is 56.5 Å². The molecule has 1 saturated carbocycles. The lowest BCUT2D eigenvalue weighted by Gasteiger charge is -2.29. The summed E-state index contributed by atoms with van der Waals surface area (Å²) in [5, 5.41) is 6.64. The van der Waals surface area contributed by atoms with E-state index in [4.69, 9.17) is 4.74 Å². The van der Waals surface area contributed by atoms with Gasteiger partial charge in [-0.2, -0.15) is 0 Å². The molecule has 2 aliphatic rings. The fourth-order valence-electron chi connectivity index (χ4n) is 4.98. The molecule has 10 heteroatoms. The second-order valence-corrected chi connectivity index (χ2v) is 10.4. The van der Waals surface area contributed by atoms with Crippen LogP contribution in [0.4, 0.5) is 21.9 Å². The number of anilines is 3. The maximum absolute atomic E-state index is 13.5. The monoisotopic (exact) mass is 551 g/mol. The number of thiophene rings is 1. The van der Waals surface area contributed by atoms with Gasteiger partial charge in [-0.3, -0.25) is 14.5 Å². The predicted octanol–water partition coefficient (Wildman–Crippen LogP) is 6.60. The minimum Gasteiger partial charge on any atom is -0.457 e. The number of nitrogens with zero attached hydrogens (tertiary/aromatic N) is 3. The molecule has 0 spiro atoms. The fraction of sp³-hybridized carbons (Fsp3) is 0.167. The summed E-state index contributed by atoms with van der Waals surface area (Å²) < 4.78 is 5.88. The van der Waals surface area contributed by atoms with Crippen LogP contribution in [-0.4, -0.2) is 34.6 Å². The normalized spacial score (nSPS) is 17.4. The molecular formula is C30H25N5O4S. The third-order valence-electron chi connectivity index (χ3n) is 6.84. The minimum absolute atomic E-state index is 0.342. The van der Waals surface area contributed by atoms with E-state index in [1.165, 1.54) is 11.3 Å². The molecule has 2 aromatic heterocycles. The van der Waals surface area contributed by atoms with Gasteiger partial charge in [0.25, 0.3) is 11.8 Å². The number of rotatable bonds is 6. The lowest BCUT2D eigenvalue weighted by atomic mass is 9.93. The highest BCUT2D eigenvalue weighted by molar-refractivity contribution is 7.21. The first-order valence-corrected chi connectivity index (χ1v) is 13.7. The Labute approximate surface area is 234 Å². The molecule has 1 aliphatic carbocycles. The Kier molecular flexibility index (Phi) is 6.83. The van der Waals surface area contributed by atoms with Gasteiger partial charge < -0.3 is 15.4 Å². The van der Waals surface area contributed by atoms with Gasteiger partial charge in [-0.05, 0) is 67.8 Å². The first kappa shape index (κ1) is 25.4. The highest BCUT2D eigenvalue weighted by atomic mass is 32.1. The Morgan fingerprint density at radius 2 is 1.88 bits per heavy atom. The quantitative estimate of drug-likeness (QED) is 0.262. The van der Waals surface area contributed by atoms with Gasteiger partial charge in [0.15, 0.2) is 0 Å². The molecule has 2 aromatic carbocycles. The first-order chi connectivity index (χ1) is 19.5. The first-order valence-electron chi connectivity index (χ1n) is 12.9. The molecule has 40 heavy (non-hydrogen) atoms. The van der Waals surface area contributed by atoms with E-state index in [9.17, 15) is 14.4 Å². The molecule has 200 valence electrons. The Morgan fingerprint density at radius 3 is 2.65 bits per heavy atom. The van der Waals surface area contributed by atoms with Crippen molar-refractivity contribution in [1.82, 2.24) is 10.3 Å². The summed E-state index contributed by atoms with van der Waals surface area (Å²) in [4.78, 5) is 49.9. The summed E-state index contributed by atoms with van der Waals surface area (Å²) in [6.07, 6.45) is 5.93. The van der Waals surface area contributed by atoms with E-state index in [2.05, 4.69) is 27.2 Å². The van der Waals surface area contributed by atoms with Crippen LogP contribution in [0, 0.1) is 0 Å². The van der Waals surface area contributed by atoms with Gasteiger partial charge in [0.2, 0.25) is 0 Å². The molecule has 3 heterocycles. The number of para-hydroxylation sites is 1. The number of urea groups is 1. The van der Waals surface area contributed by atoms with Gasteiger partial charge in [0.1, 0.15) is 21.2 Å². The number of benzene rings is 2. The van der Waals surface area contributed by atoms with E-state index in [1.54, 1.807) is 29.3 Å². The summed E-state index contributed by atoms with van der Waals surface area (Å²) in [6.45, 7) is 3.48. The number of carbonyl (C=O) groups excluding carboxylic acids is 3. The lowest BCUT2D eigenvalue weighted by molar-refractivity contribution is -0.113. The average Bonchev–Trinajstić information content (AvgIpc) is 3.35. The molecule has 1 aliphatic heterocycles. The van der Waals surface area contributed by atoms with Crippen LogP contribution < -0.4 is 20.3 Å². The van der Waals surface area contributed by atoms with Crippen molar-refractivity contribution in [2.45, 2.75) is 31.7 Å². The van der Waals surface area contributed by atoms with Crippen molar-refractivity contribution in [3.63, 3.8) is 0 Å². The SMILES string of the molecule is C=CC(=O)N=C1CCCC[C@@H]1NC(=O)c1sc2nccc3c2c1NC(=O)N3c1ccc(Oc2ccccc2)cc1. The van der Waals surface area contributed by atoms with Crippen molar-refractivity contribution in [1.29, 1.82) is 0 Å². The van der Waals surface area contributed by atoms with Crippen LogP contribution in [0.15, 0.2) is 84.5 Å². The topological polar surface area (TPSA) is 113 Å². The van der Waals surface area contributed by atoms with Crippen LogP contribution in [0.3, 0.4) is 0 Å². The molecule has 0 radical (unpaired) electrons. The smallest absolute Gasteiger partial charge is 0.331 e. The standard InChI is InChI=1S/C30H25N5O4S/c1-2-24(36)32-21-10-6-7-11-22(21)33-28(37)27-26-25-23(16-17-31-29(25)40-27)35(30(38)34-26)18-12-14-20(15-13-18)39-19-8-4-3-5-9-19/h2-5,8-9,12-17,22H,1,6-7,10-11H2,(H,33,37)(H,34,38)/t22-/m0/s1. The van der Waals surface area contributed by atoms with Gasteiger partial charge in [-0.1, -0.05) is 31.2 Å². The second kappa shape index (κ2) is 10.7. The van der Waals surface area contributed by atoms with Gasteiger partial charge in [0, 0.05) is 11.9 Å². The van der Waals surface area contributed by atoms with Crippen LogP contribution in [-0.2, 0) is 4.79 Å². The number of hydrogen-bond donors (Lipinski definition) is 2. The van der Waals surface area contributed by atoms with Crippen molar-refractivity contribution in [3.05, 3.63) is 84.4 Å². The molecule has 0 saturated heterocycles. The zero-order valence-electron chi connectivity index (χ0n) is 21.4. The zero-order chi connectivity index (χ0) is 27.6. The molecule has 4 aromatic rings. The Hall–Kier alpha value is -4.83. The van der Waals surface area contributed by atoms with Gasteiger partial charge in [-0.25, -0.2) is 14.8 Å². The van der Waals surface area contributed by atoms with E-state index in [-0.39, 0.29) is 18.0 Å². The number of ether oxygens (including phenoxy) is 1. The largest absolute Gasteiger partial charge is 0.457 e. The maximum atomic E-state index is 13.5. The Balaban J connectivity index is 1.29. The number of nitrogens with one attached hydrogen (secondary N) is 2. The maximum Gasteiger partial charge on any atom is 0.331 e. The van der Waals surface area contributed by atoms with Crippen LogP contribution in [0.1, 0.15) is 35.4 Å². The summed E-state index contributed by atoms with van der Waals surface area (Å²) in [7, 11) is 0. The van der Waals surface area contributed by atoms with Crippen molar-refractivity contribution in [2.75, 3.05) is 10.2 Å². The molecule has 2 N–H and O–H groups in total. The number of hydrogen-bond acceptors (Lipinski definition) is 6. The number of carbonyl (C=O) groups is 3. The summed E-state index contributed by atoms with van der Waals surface area (Å²) in [5.74, 6) is 0.594. The fourth-order valence-corrected chi connectivity index (χ4v) is 6.01. The number of aliphatic imine (C=N–C) groups is 1. The number of aromatic nitrogens is 1. The minimum atomic E-state index is -0.422. The summed E-state index contributed by atoms with van der Waals surface area (Å²) in [5.41, 5.74) is 2.35. The number of amides is 4. The highest BCUT2D eigenvalue weighted by Crippen LogP contribution is 2.46. The molecule has 1 atom stereocenters. The predicted molar refractivity (Wildman–Crippen MR) is 156 cm³/mol. The van der Waals surface area contributed by atoms with E-state index >= 15 is 0 Å². The van der Waals surface area contributed by atoms with Gasteiger partial charge in [0.05, 0.1) is 28.5 Å². The Morgan fingerprint density at radius 1 is 1.10 bits per heavy atom. The molecule has 0 bridgehead atoms. The lowest BCUT2D eigenvalue weighted by Crippen LogP contribution is -2.43. The third-order valence-corrected chi connectivity index (χ3v) is 7.93. The number of pyridine rings is 1. The van der Waals surface area contributed by atoms with Crippen LogP contribution in [0.2, 0.25) is 0 Å². The van der Waals surface area contributed by atoms with Crippen molar-refractivity contribution in [2.24, 2.45) is 4.99 Å². The molecule has 1 fully saturated rings. The van der Waals surface area contributed by atoms with E-state index < -0.39 is 5.91 Å². The van der Waals surface area contributed by atoms with Gasteiger partial charge >= 0.3 is 6.03 Å². The van der Waals surface area contributed by atoms with Crippen molar-refractivity contribution in [3.8, 4) is 11.5 Å². The van der Waals surface area contributed by atoms with Crippen molar-refractivity contribution < 1.29 is 19.1 Å². The molecule has 9 nitrogen and oxygen atoms in total. The van der Waals surface area contributed by atoms with E-state index in [1.807, 2.05) is 42.5 Å². The summed E-state index contributed by atoms with van der Waals surface area (Å²) in [6, 6.07) is 17.7. The molecular weight excluding hydrogens is 526 g/mol. The molecule has 4 amide bonds.